The maximum Gasteiger partial charge on any atom is 0.278 e. The van der Waals surface area contributed by atoms with Crippen LogP contribution in [0.5, 0.6) is 0 Å². The third-order valence-corrected chi connectivity index (χ3v) is 2.22. The predicted molar refractivity (Wildman–Crippen MR) is 59.2 cm³/mol. The molecule has 16 heavy (non-hydrogen) atoms. The molecule has 0 unspecified atom stereocenters. The summed E-state index contributed by atoms with van der Waals surface area (Å²) in [7, 11) is 0. The highest BCUT2D eigenvalue weighted by Crippen LogP contribution is 2.17. The molecule has 1 aliphatic heterocycles. The van der Waals surface area contributed by atoms with Gasteiger partial charge in [0.2, 0.25) is 0 Å². The number of furan rings is 1. The Morgan fingerprint density at radius 3 is 2.94 bits per heavy atom. The highest BCUT2D eigenvalue weighted by atomic mass is 16.3. The number of carbonyl (C=O) groups is 1. The van der Waals surface area contributed by atoms with Gasteiger partial charge in [-0.2, -0.15) is 0 Å². The largest absolute Gasteiger partial charge is 0.469 e. The molecule has 5 heteroatoms. The van der Waals surface area contributed by atoms with Crippen LogP contribution in [0.15, 0.2) is 52.6 Å². The highest BCUT2D eigenvalue weighted by molar-refractivity contribution is 6.41. The van der Waals surface area contributed by atoms with E-state index in [1.165, 1.54) is 17.3 Å². The number of aliphatic imine (C=N–C) groups is 1. The van der Waals surface area contributed by atoms with Crippen LogP contribution in [-0.4, -0.2) is 16.5 Å². The summed E-state index contributed by atoms with van der Waals surface area (Å²) in [4.78, 5) is 17.2. The van der Waals surface area contributed by atoms with E-state index in [4.69, 9.17) is 10.2 Å². The maximum absolute atomic E-state index is 11.8. The van der Waals surface area contributed by atoms with E-state index in [1.54, 1.807) is 18.4 Å². The lowest BCUT2D eigenvalue weighted by atomic mass is 10.2. The van der Waals surface area contributed by atoms with E-state index in [-0.39, 0.29) is 5.91 Å². The van der Waals surface area contributed by atoms with Gasteiger partial charge in [0.25, 0.3) is 5.91 Å². The summed E-state index contributed by atoms with van der Waals surface area (Å²) in [6, 6.07) is 3.55. The van der Waals surface area contributed by atoms with Gasteiger partial charge < -0.3 is 10.2 Å². The van der Waals surface area contributed by atoms with Crippen LogP contribution in [0, 0.1) is 0 Å². The molecule has 0 aliphatic carbocycles. The van der Waals surface area contributed by atoms with E-state index in [0.29, 0.717) is 23.7 Å². The van der Waals surface area contributed by atoms with E-state index in [9.17, 15) is 4.79 Å². The van der Waals surface area contributed by atoms with E-state index in [0.717, 1.165) is 0 Å². The first kappa shape index (κ1) is 10.2. The SMILES string of the molecule is C=CN1C(=O)C(Cc2ccco2)=N/C1=C/N. The zero-order valence-corrected chi connectivity index (χ0v) is 8.59. The van der Waals surface area contributed by atoms with Gasteiger partial charge in [-0.3, -0.25) is 9.69 Å². The fourth-order valence-corrected chi connectivity index (χ4v) is 1.47. The molecule has 2 N–H and O–H groups in total. The Bertz CT molecular complexity index is 471. The van der Waals surface area contributed by atoms with E-state index < -0.39 is 0 Å². The normalized spacial score (nSPS) is 18.0. The van der Waals surface area contributed by atoms with Crippen molar-refractivity contribution in [3.05, 3.63) is 49.0 Å². The lowest BCUT2D eigenvalue weighted by Gasteiger charge is -2.08. The topological polar surface area (TPSA) is 71.8 Å². The molecule has 0 bridgehead atoms. The van der Waals surface area contributed by atoms with Crippen LogP contribution >= 0.6 is 0 Å². The predicted octanol–water partition coefficient (Wildman–Crippen LogP) is 1.01. The molecule has 1 aromatic heterocycles. The van der Waals surface area contributed by atoms with Crippen molar-refractivity contribution in [2.45, 2.75) is 6.42 Å². The second kappa shape index (κ2) is 4.06. The summed E-state index contributed by atoms with van der Waals surface area (Å²) in [5.74, 6) is 0.860. The summed E-state index contributed by atoms with van der Waals surface area (Å²) in [6.07, 6.45) is 4.57. The van der Waals surface area contributed by atoms with Crippen molar-refractivity contribution < 1.29 is 9.21 Å². The van der Waals surface area contributed by atoms with Crippen LogP contribution in [0.3, 0.4) is 0 Å². The molecule has 0 radical (unpaired) electrons. The highest BCUT2D eigenvalue weighted by Gasteiger charge is 2.28. The van der Waals surface area contributed by atoms with Gasteiger partial charge in [0, 0.05) is 12.4 Å². The van der Waals surface area contributed by atoms with E-state index >= 15 is 0 Å². The van der Waals surface area contributed by atoms with Gasteiger partial charge in [-0.15, -0.1) is 0 Å². The Kier molecular flexibility index (Phi) is 2.59. The van der Waals surface area contributed by atoms with Crippen molar-refractivity contribution >= 4 is 11.6 Å². The fraction of sp³-hybridized carbons (Fsp3) is 0.0909. The fourth-order valence-electron chi connectivity index (χ4n) is 1.47. The smallest absolute Gasteiger partial charge is 0.278 e. The standard InChI is InChI=1S/C11H11N3O2/c1-2-14-10(7-12)13-9(11(14)15)6-8-4-3-5-16-8/h2-5,7H,1,6,12H2/b10-7-. The van der Waals surface area contributed by atoms with Gasteiger partial charge in [-0.25, -0.2) is 4.99 Å². The van der Waals surface area contributed by atoms with Crippen molar-refractivity contribution in [2.24, 2.45) is 10.7 Å². The average molecular weight is 217 g/mol. The number of amides is 1. The molecule has 0 saturated heterocycles. The van der Waals surface area contributed by atoms with Gasteiger partial charge in [-0.1, -0.05) is 6.58 Å². The third kappa shape index (κ3) is 1.63. The quantitative estimate of drug-likeness (QED) is 0.821. The van der Waals surface area contributed by atoms with Crippen LogP contribution in [0.1, 0.15) is 5.76 Å². The molecule has 0 fully saturated rings. The molecule has 2 rings (SSSR count). The number of rotatable bonds is 3. The molecule has 1 amide bonds. The van der Waals surface area contributed by atoms with Gasteiger partial charge in [0.05, 0.1) is 12.7 Å². The van der Waals surface area contributed by atoms with Crippen LogP contribution < -0.4 is 5.73 Å². The first-order chi connectivity index (χ1) is 7.76. The Balaban J connectivity index is 2.23. The Labute approximate surface area is 92.6 Å². The molecule has 0 aromatic carbocycles. The maximum atomic E-state index is 11.8. The van der Waals surface area contributed by atoms with Gasteiger partial charge in [0.1, 0.15) is 11.5 Å². The number of hydrogen-bond acceptors (Lipinski definition) is 4. The summed E-state index contributed by atoms with van der Waals surface area (Å²) < 4.78 is 5.15. The molecule has 0 saturated carbocycles. The summed E-state index contributed by atoms with van der Waals surface area (Å²) >= 11 is 0. The zero-order chi connectivity index (χ0) is 11.5. The number of nitrogens with two attached hydrogens (primary N) is 1. The van der Waals surface area contributed by atoms with Crippen molar-refractivity contribution in [2.75, 3.05) is 0 Å². The molecule has 82 valence electrons. The van der Waals surface area contributed by atoms with Crippen molar-refractivity contribution in [3.8, 4) is 0 Å². The number of nitrogens with zero attached hydrogens (tertiary/aromatic N) is 2. The summed E-state index contributed by atoms with van der Waals surface area (Å²) in [5, 5.41) is 0. The molecular formula is C11H11N3O2. The lowest BCUT2D eigenvalue weighted by molar-refractivity contribution is -0.119. The summed E-state index contributed by atoms with van der Waals surface area (Å²) in [6.45, 7) is 3.53. The molecule has 0 spiro atoms. The number of carbonyl (C=O) groups excluding carboxylic acids is 1. The Hall–Kier alpha value is -2.30. The van der Waals surface area contributed by atoms with Gasteiger partial charge in [-0.05, 0) is 12.1 Å². The first-order valence-electron chi connectivity index (χ1n) is 4.74. The molecule has 0 atom stereocenters. The van der Waals surface area contributed by atoms with Crippen LogP contribution in [0.4, 0.5) is 0 Å². The first-order valence-corrected chi connectivity index (χ1v) is 4.74. The van der Waals surface area contributed by atoms with Crippen LogP contribution in [-0.2, 0) is 11.2 Å². The Morgan fingerprint density at radius 2 is 2.44 bits per heavy atom. The minimum Gasteiger partial charge on any atom is -0.469 e. The minimum atomic E-state index is -0.219. The minimum absolute atomic E-state index is 0.219. The molecule has 5 nitrogen and oxygen atoms in total. The molecule has 1 aliphatic rings. The van der Waals surface area contributed by atoms with Crippen LogP contribution in [0.2, 0.25) is 0 Å². The number of hydrogen-bond donors (Lipinski definition) is 1. The Morgan fingerprint density at radius 1 is 1.62 bits per heavy atom. The monoisotopic (exact) mass is 217 g/mol. The second-order valence-corrected chi connectivity index (χ2v) is 3.20. The zero-order valence-electron chi connectivity index (χ0n) is 8.59. The molecule has 1 aromatic rings. The lowest BCUT2D eigenvalue weighted by Crippen LogP contribution is -2.25. The van der Waals surface area contributed by atoms with Crippen molar-refractivity contribution in [1.82, 2.24) is 4.90 Å². The summed E-state index contributed by atoms with van der Waals surface area (Å²) in [5.41, 5.74) is 5.76. The van der Waals surface area contributed by atoms with Crippen molar-refractivity contribution in [3.63, 3.8) is 0 Å². The molecule has 2 heterocycles. The van der Waals surface area contributed by atoms with Gasteiger partial charge >= 0.3 is 0 Å². The van der Waals surface area contributed by atoms with Crippen molar-refractivity contribution in [1.29, 1.82) is 0 Å². The third-order valence-electron chi connectivity index (χ3n) is 2.22. The van der Waals surface area contributed by atoms with E-state index in [1.807, 2.05) is 0 Å². The van der Waals surface area contributed by atoms with Crippen LogP contribution in [0.25, 0.3) is 0 Å². The van der Waals surface area contributed by atoms with Gasteiger partial charge in [0.15, 0.2) is 5.82 Å². The molecular weight excluding hydrogens is 206 g/mol. The average Bonchev–Trinajstić information content (AvgIpc) is 2.88. The van der Waals surface area contributed by atoms with E-state index in [2.05, 4.69) is 11.6 Å². The second-order valence-electron chi connectivity index (χ2n) is 3.20.